The Bertz CT molecular complexity index is 1070. The van der Waals surface area contributed by atoms with Crippen LogP contribution in [-0.2, 0) is 17.9 Å². The van der Waals surface area contributed by atoms with Crippen LogP contribution >= 0.6 is 11.8 Å². The average molecular weight is 400 g/mol. The predicted octanol–water partition coefficient (Wildman–Crippen LogP) is 3.37. The smallest absolute Gasteiger partial charge is 0.280 e. The summed E-state index contributed by atoms with van der Waals surface area (Å²) in [5.41, 5.74) is 3.57. The molecule has 0 aliphatic rings. The first kappa shape index (κ1) is 20.1. The van der Waals surface area contributed by atoms with E-state index < -0.39 is 0 Å². The number of hydrogen-bond donors (Lipinski definition) is 1. The highest BCUT2D eigenvalue weighted by Crippen LogP contribution is 2.21. The molecule has 28 heavy (non-hydrogen) atoms. The fraction of sp³-hybridized carbons (Fsp3) is 0.400. The van der Waals surface area contributed by atoms with Crippen molar-refractivity contribution < 1.29 is 4.79 Å². The number of nitrogens with one attached hydrogen (secondary N) is 1. The SMILES string of the molecule is CCCn1c(SCC(=O)Nc2ccccc2C)nc2c(C)nn(CC)c2c1=O. The van der Waals surface area contributed by atoms with Gasteiger partial charge in [-0.2, -0.15) is 5.10 Å². The van der Waals surface area contributed by atoms with Crippen molar-refractivity contribution in [2.75, 3.05) is 11.1 Å². The molecule has 8 heteroatoms. The van der Waals surface area contributed by atoms with Gasteiger partial charge in [0.2, 0.25) is 5.91 Å². The number of benzene rings is 1. The Morgan fingerprint density at radius 3 is 2.64 bits per heavy atom. The van der Waals surface area contributed by atoms with Crippen LogP contribution in [0.25, 0.3) is 11.0 Å². The number of aromatic nitrogens is 4. The van der Waals surface area contributed by atoms with Crippen molar-refractivity contribution in [3.63, 3.8) is 0 Å². The molecule has 0 aliphatic carbocycles. The number of thioether (sulfide) groups is 1. The van der Waals surface area contributed by atoms with Crippen LogP contribution in [0.15, 0.2) is 34.2 Å². The van der Waals surface area contributed by atoms with E-state index in [1.807, 2.05) is 52.0 Å². The molecule has 0 aliphatic heterocycles. The van der Waals surface area contributed by atoms with Gasteiger partial charge in [-0.3, -0.25) is 18.8 Å². The van der Waals surface area contributed by atoms with Crippen molar-refractivity contribution in [3.05, 3.63) is 45.9 Å². The molecule has 2 aromatic heterocycles. The second-order valence-corrected chi connectivity index (χ2v) is 7.54. The van der Waals surface area contributed by atoms with E-state index in [9.17, 15) is 9.59 Å². The van der Waals surface area contributed by atoms with Gasteiger partial charge in [-0.25, -0.2) is 4.98 Å². The first-order valence-corrected chi connectivity index (χ1v) is 10.4. The van der Waals surface area contributed by atoms with Gasteiger partial charge in [0.15, 0.2) is 10.7 Å². The summed E-state index contributed by atoms with van der Waals surface area (Å²) in [5.74, 6) is 0.0504. The molecule has 0 atom stereocenters. The summed E-state index contributed by atoms with van der Waals surface area (Å²) < 4.78 is 3.35. The number of carbonyl (C=O) groups is 1. The molecule has 1 amide bonds. The Morgan fingerprint density at radius 1 is 1.21 bits per heavy atom. The molecule has 3 rings (SSSR count). The van der Waals surface area contributed by atoms with Gasteiger partial charge in [0.25, 0.3) is 5.56 Å². The maximum absolute atomic E-state index is 13.1. The Balaban J connectivity index is 1.88. The lowest BCUT2D eigenvalue weighted by Crippen LogP contribution is -2.25. The minimum atomic E-state index is -0.127. The normalized spacial score (nSPS) is 11.1. The van der Waals surface area contributed by atoms with Crippen LogP contribution < -0.4 is 10.9 Å². The van der Waals surface area contributed by atoms with Gasteiger partial charge < -0.3 is 5.32 Å². The van der Waals surface area contributed by atoms with Crippen LogP contribution in [0.4, 0.5) is 5.69 Å². The standard InChI is InChI=1S/C20H25N5O2S/c1-5-11-24-19(27)18-17(14(4)23-25(18)6-2)22-20(24)28-12-16(26)21-15-10-8-7-9-13(15)3/h7-10H,5-6,11-12H2,1-4H3,(H,21,26). The number of para-hydroxylation sites is 1. The number of nitrogens with zero attached hydrogens (tertiary/aromatic N) is 4. The van der Waals surface area contributed by atoms with Crippen LogP contribution in [0.3, 0.4) is 0 Å². The van der Waals surface area contributed by atoms with E-state index in [2.05, 4.69) is 15.4 Å². The van der Waals surface area contributed by atoms with Gasteiger partial charge in [-0.05, 0) is 38.8 Å². The van der Waals surface area contributed by atoms with Crippen LogP contribution in [0.5, 0.6) is 0 Å². The lowest BCUT2D eigenvalue weighted by atomic mass is 10.2. The van der Waals surface area contributed by atoms with E-state index in [1.165, 1.54) is 11.8 Å². The first-order valence-electron chi connectivity index (χ1n) is 9.42. The average Bonchev–Trinajstić information content (AvgIpc) is 3.00. The number of fused-ring (bicyclic) bond motifs is 1. The summed E-state index contributed by atoms with van der Waals surface area (Å²) in [6.45, 7) is 8.93. The van der Waals surface area contributed by atoms with Crippen molar-refractivity contribution in [3.8, 4) is 0 Å². The summed E-state index contributed by atoms with van der Waals surface area (Å²) in [7, 11) is 0. The zero-order valence-electron chi connectivity index (χ0n) is 16.7. The second kappa shape index (κ2) is 8.60. The van der Waals surface area contributed by atoms with Crippen LogP contribution in [0.2, 0.25) is 0 Å². The summed E-state index contributed by atoms with van der Waals surface area (Å²) >= 11 is 1.28. The van der Waals surface area contributed by atoms with Gasteiger partial charge in [0.1, 0.15) is 5.52 Å². The summed E-state index contributed by atoms with van der Waals surface area (Å²) in [5, 5.41) is 7.90. The third-order valence-electron chi connectivity index (χ3n) is 4.48. The molecule has 0 unspecified atom stereocenters. The molecule has 7 nitrogen and oxygen atoms in total. The number of amides is 1. The van der Waals surface area contributed by atoms with E-state index in [0.717, 1.165) is 23.4 Å². The Labute approximate surface area is 168 Å². The van der Waals surface area contributed by atoms with Crippen LogP contribution in [-0.4, -0.2) is 31.0 Å². The van der Waals surface area contributed by atoms with Crippen LogP contribution in [0.1, 0.15) is 31.5 Å². The molecule has 148 valence electrons. The third-order valence-corrected chi connectivity index (χ3v) is 5.46. The number of aryl methyl sites for hydroxylation is 3. The molecule has 0 saturated heterocycles. The molecular weight excluding hydrogens is 374 g/mol. The molecule has 2 heterocycles. The first-order chi connectivity index (χ1) is 13.5. The molecule has 0 saturated carbocycles. The number of anilines is 1. The largest absolute Gasteiger partial charge is 0.325 e. The van der Waals surface area contributed by atoms with Crippen molar-refractivity contribution in [2.24, 2.45) is 0 Å². The van der Waals surface area contributed by atoms with Crippen molar-refractivity contribution in [1.82, 2.24) is 19.3 Å². The molecule has 0 fully saturated rings. The van der Waals surface area contributed by atoms with Crippen LogP contribution in [0, 0.1) is 13.8 Å². The second-order valence-electron chi connectivity index (χ2n) is 6.60. The fourth-order valence-electron chi connectivity index (χ4n) is 3.08. The highest BCUT2D eigenvalue weighted by molar-refractivity contribution is 7.99. The van der Waals surface area contributed by atoms with E-state index in [4.69, 9.17) is 0 Å². The Morgan fingerprint density at radius 2 is 1.96 bits per heavy atom. The van der Waals surface area contributed by atoms with E-state index >= 15 is 0 Å². The third kappa shape index (κ3) is 3.96. The molecule has 0 spiro atoms. The maximum atomic E-state index is 13.1. The highest BCUT2D eigenvalue weighted by Gasteiger charge is 2.18. The number of rotatable bonds is 7. The maximum Gasteiger partial charge on any atom is 0.280 e. The molecule has 1 N–H and O–H groups in total. The monoisotopic (exact) mass is 399 g/mol. The Kier molecular flexibility index (Phi) is 6.18. The lowest BCUT2D eigenvalue weighted by Gasteiger charge is -2.12. The molecule has 0 bridgehead atoms. The minimum Gasteiger partial charge on any atom is -0.325 e. The summed E-state index contributed by atoms with van der Waals surface area (Å²) in [6, 6.07) is 7.64. The van der Waals surface area contributed by atoms with E-state index in [1.54, 1.807) is 9.25 Å². The number of hydrogen-bond acceptors (Lipinski definition) is 5. The predicted molar refractivity (Wildman–Crippen MR) is 113 cm³/mol. The highest BCUT2D eigenvalue weighted by atomic mass is 32.2. The van der Waals surface area contributed by atoms with Gasteiger partial charge in [-0.1, -0.05) is 36.9 Å². The van der Waals surface area contributed by atoms with Crippen molar-refractivity contribution in [1.29, 1.82) is 0 Å². The molecule has 0 radical (unpaired) electrons. The van der Waals surface area contributed by atoms with E-state index in [-0.39, 0.29) is 17.2 Å². The minimum absolute atomic E-state index is 0.101. The quantitative estimate of drug-likeness (QED) is 0.487. The molecule has 1 aromatic carbocycles. The summed E-state index contributed by atoms with van der Waals surface area (Å²) in [6.07, 6.45) is 0.801. The van der Waals surface area contributed by atoms with Gasteiger partial charge in [0, 0.05) is 18.8 Å². The zero-order chi connectivity index (χ0) is 20.3. The van der Waals surface area contributed by atoms with Gasteiger partial charge in [0.05, 0.1) is 11.4 Å². The zero-order valence-corrected chi connectivity index (χ0v) is 17.5. The topological polar surface area (TPSA) is 81.8 Å². The summed E-state index contributed by atoms with van der Waals surface area (Å²) in [4.78, 5) is 30.2. The number of carbonyl (C=O) groups excluding carboxylic acids is 1. The Hall–Kier alpha value is -2.61. The van der Waals surface area contributed by atoms with Crippen molar-refractivity contribution >= 4 is 34.4 Å². The van der Waals surface area contributed by atoms with Crippen molar-refractivity contribution in [2.45, 2.75) is 52.4 Å². The van der Waals surface area contributed by atoms with Gasteiger partial charge >= 0.3 is 0 Å². The molecule has 3 aromatic rings. The fourth-order valence-corrected chi connectivity index (χ4v) is 3.90. The lowest BCUT2D eigenvalue weighted by molar-refractivity contribution is -0.113. The van der Waals surface area contributed by atoms with Gasteiger partial charge in [-0.15, -0.1) is 0 Å². The molecular formula is C20H25N5O2S. The van der Waals surface area contributed by atoms with E-state index in [0.29, 0.717) is 29.3 Å².